The van der Waals surface area contributed by atoms with Crippen LogP contribution in [0.25, 0.3) is 21.1 Å². The Hall–Kier alpha value is -2.60. The molecule has 25 heavy (non-hydrogen) atoms. The first-order valence-electron chi connectivity index (χ1n) is 8.23. The van der Waals surface area contributed by atoms with Crippen molar-refractivity contribution in [2.75, 3.05) is 7.11 Å². The molecule has 1 aromatic carbocycles. The molecule has 0 N–H and O–H groups in total. The lowest BCUT2D eigenvalue weighted by atomic mass is 10.2. The van der Waals surface area contributed by atoms with Gasteiger partial charge in [0.25, 0.3) is 5.56 Å². The molecule has 3 aromatic heterocycles. The molecule has 4 aromatic rings. The number of fused-ring (bicyclic) bond motifs is 3. The first kappa shape index (κ1) is 15.9. The average Bonchev–Trinajstić information content (AvgIpc) is 3.12. The first-order valence-corrected chi connectivity index (χ1v) is 9.05. The monoisotopic (exact) mass is 353 g/mol. The Bertz CT molecular complexity index is 1140. The van der Waals surface area contributed by atoms with Crippen molar-refractivity contribution < 1.29 is 4.74 Å². The summed E-state index contributed by atoms with van der Waals surface area (Å²) in [5.41, 5.74) is 2.87. The zero-order valence-electron chi connectivity index (χ0n) is 14.4. The highest BCUT2D eigenvalue weighted by molar-refractivity contribution is 7.20. The second-order valence-electron chi connectivity index (χ2n) is 6.04. The van der Waals surface area contributed by atoms with Crippen LogP contribution in [0, 0.1) is 6.92 Å². The Labute approximate surface area is 149 Å². The molecule has 0 spiro atoms. The maximum atomic E-state index is 12.9. The highest BCUT2D eigenvalue weighted by atomic mass is 32.1. The number of benzene rings is 1. The van der Waals surface area contributed by atoms with Crippen LogP contribution in [-0.4, -0.2) is 21.5 Å². The molecular weight excluding hydrogens is 334 g/mol. The Morgan fingerprint density at radius 3 is 2.88 bits per heavy atom. The third-order valence-electron chi connectivity index (χ3n) is 4.43. The van der Waals surface area contributed by atoms with Gasteiger partial charge in [-0.15, -0.1) is 11.3 Å². The van der Waals surface area contributed by atoms with E-state index >= 15 is 0 Å². The quantitative estimate of drug-likeness (QED) is 0.561. The summed E-state index contributed by atoms with van der Waals surface area (Å²) in [5, 5.41) is 5.25. The van der Waals surface area contributed by atoms with E-state index in [-0.39, 0.29) is 5.56 Å². The molecule has 0 aliphatic carbocycles. The summed E-state index contributed by atoms with van der Waals surface area (Å²) < 4.78 is 10.1. The van der Waals surface area contributed by atoms with Gasteiger partial charge < -0.3 is 9.30 Å². The minimum atomic E-state index is -0.0380. The summed E-state index contributed by atoms with van der Waals surface area (Å²) in [6, 6.07) is 10.1. The predicted molar refractivity (Wildman–Crippen MR) is 102 cm³/mol. The molecule has 0 atom stereocenters. The first-order chi connectivity index (χ1) is 12.1. The third-order valence-corrected chi connectivity index (χ3v) is 5.51. The molecule has 0 saturated carbocycles. The lowest BCUT2D eigenvalue weighted by Crippen LogP contribution is -2.23. The van der Waals surface area contributed by atoms with E-state index in [1.807, 2.05) is 31.3 Å². The average molecular weight is 353 g/mol. The molecule has 5 nitrogen and oxygen atoms in total. The molecule has 128 valence electrons. The van der Waals surface area contributed by atoms with Gasteiger partial charge in [-0.1, -0.05) is 12.1 Å². The molecule has 0 aliphatic rings. The zero-order chi connectivity index (χ0) is 17.6. The topological polar surface area (TPSA) is 49.0 Å². The number of hydrogen-bond donors (Lipinski definition) is 0. The molecule has 0 radical (unpaired) electrons. The van der Waals surface area contributed by atoms with Gasteiger partial charge in [-0.2, -0.15) is 5.10 Å². The lowest BCUT2D eigenvalue weighted by molar-refractivity contribution is 0.414. The maximum Gasteiger partial charge on any atom is 0.291 e. The summed E-state index contributed by atoms with van der Waals surface area (Å²) in [6.45, 7) is 5.21. The van der Waals surface area contributed by atoms with Crippen molar-refractivity contribution in [1.82, 2.24) is 14.3 Å². The highest BCUT2D eigenvalue weighted by Crippen LogP contribution is 2.34. The molecular formula is C19H19N3O2S. The predicted octanol–water partition coefficient (Wildman–Crippen LogP) is 3.80. The van der Waals surface area contributed by atoms with Gasteiger partial charge in [-0.05, 0) is 37.6 Å². The van der Waals surface area contributed by atoms with Crippen molar-refractivity contribution in [2.45, 2.75) is 26.9 Å². The fourth-order valence-electron chi connectivity index (χ4n) is 3.26. The van der Waals surface area contributed by atoms with Gasteiger partial charge in [-0.3, -0.25) is 4.79 Å². The molecule has 0 fully saturated rings. The van der Waals surface area contributed by atoms with Crippen LogP contribution in [0.15, 0.2) is 41.3 Å². The van der Waals surface area contributed by atoms with Crippen molar-refractivity contribution in [1.29, 1.82) is 0 Å². The summed E-state index contributed by atoms with van der Waals surface area (Å²) in [6.07, 6.45) is 1.82. The molecule has 0 aliphatic heterocycles. The maximum absolute atomic E-state index is 12.9. The van der Waals surface area contributed by atoms with E-state index in [2.05, 4.69) is 28.7 Å². The number of methoxy groups -OCH3 is 1. The number of hydrogen-bond acceptors (Lipinski definition) is 4. The van der Waals surface area contributed by atoms with Crippen molar-refractivity contribution in [3.8, 4) is 5.75 Å². The molecule has 0 amide bonds. The minimum Gasteiger partial charge on any atom is -0.497 e. The summed E-state index contributed by atoms with van der Waals surface area (Å²) in [4.78, 5) is 14.1. The van der Waals surface area contributed by atoms with Gasteiger partial charge in [0.2, 0.25) is 0 Å². The Morgan fingerprint density at radius 1 is 1.28 bits per heavy atom. The Balaban J connectivity index is 2.00. The number of rotatable bonds is 4. The van der Waals surface area contributed by atoms with E-state index in [0.29, 0.717) is 13.1 Å². The van der Waals surface area contributed by atoms with Gasteiger partial charge in [0, 0.05) is 23.4 Å². The van der Waals surface area contributed by atoms with Crippen LogP contribution >= 0.6 is 11.3 Å². The number of aromatic nitrogens is 3. The number of nitrogens with zero attached hydrogens (tertiary/aromatic N) is 3. The minimum absolute atomic E-state index is 0.0380. The highest BCUT2D eigenvalue weighted by Gasteiger charge is 2.18. The number of aryl methyl sites for hydroxylation is 2. The van der Waals surface area contributed by atoms with E-state index in [0.717, 1.165) is 32.4 Å². The fourth-order valence-corrected chi connectivity index (χ4v) is 4.29. The van der Waals surface area contributed by atoms with Crippen LogP contribution in [0.5, 0.6) is 5.75 Å². The molecule has 3 heterocycles. The Morgan fingerprint density at radius 2 is 2.12 bits per heavy atom. The normalized spacial score (nSPS) is 11.5. The standard InChI is InChI=1S/C19H19N3O2S/c1-4-22-19(23)17-15(10-20-22)18-16(8-12(2)25-18)21(17)11-13-6-5-7-14(9-13)24-3/h5-10H,4,11H2,1-3H3. The summed E-state index contributed by atoms with van der Waals surface area (Å²) in [5.74, 6) is 0.819. The van der Waals surface area contributed by atoms with Crippen molar-refractivity contribution in [3.63, 3.8) is 0 Å². The Kier molecular flexibility index (Phi) is 3.84. The van der Waals surface area contributed by atoms with E-state index in [9.17, 15) is 4.79 Å². The van der Waals surface area contributed by atoms with Crippen LogP contribution in [0.2, 0.25) is 0 Å². The van der Waals surface area contributed by atoms with Gasteiger partial charge in [0.1, 0.15) is 11.3 Å². The van der Waals surface area contributed by atoms with Gasteiger partial charge >= 0.3 is 0 Å². The van der Waals surface area contributed by atoms with Crippen LogP contribution in [0.4, 0.5) is 0 Å². The summed E-state index contributed by atoms with van der Waals surface area (Å²) >= 11 is 1.71. The largest absolute Gasteiger partial charge is 0.497 e. The van der Waals surface area contributed by atoms with E-state index in [1.165, 1.54) is 9.56 Å². The second kappa shape index (κ2) is 6.04. The van der Waals surface area contributed by atoms with E-state index in [4.69, 9.17) is 4.74 Å². The molecule has 0 unspecified atom stereocenters. The van der Waals surface area contributed by atoms with Gasteiger partial charge in [-0.25, -0.2) is 4.68 Å². The SMILES string of the molecule is CCn1ncc2c3sc(C)cc3n(Cc3cccc(OC)c3)c2c1=O. The van der Waals surface area contributed by atoms with Crippen LogP contribution in [-0.2, 0) is 13.1 Å². The second-order valence-corrected chi connectivity index (χ2v) is 7.29. The van der Waals surface area contributed by atoms with E-state index < -0.39 is 0 Å². The summed E-state index contributed by atoms with van der Waals surface area (Å²) in [7, 11) is 1.66. The van der Waals surface area contributed by atoms with Crippen molar-refractivity contribution in [3.05, 3.63) is 57.3 Å². The van der Waals surface area contributed by atoms with Crippen LogP contribution < -0.4 is 10.3 Å². The number of thiophene rings is 1. The number of ether oxygens (including phenoxy) is 1. The molecule has 6 heteroatoms. The van der Waals surface area contributed by atoms with E-state index in [1.54, 1.807) is 18.4 Å². The molecule has 0 saturated heterocycles. The third kappa shape index (κ3) is 2.53. The van der Waals surface area contributed by atoms with Crippen LogP contribution in [0.1, 0.15) is 17.4 Å². The van der Waals surface area contributed by atoms with Crippen molar-refractivity contribution >= 4 is 32.5 Å². The van der Waals surface area contributed by atoms with Crippen molar-refractivity contribution in [2.24, 2.45) is 0 Å². The van der Waals surface area contributed by atoms with Gasteiger partial charge in [0.15, 0.2) is 0 Å². The smallest absolute Gasteiger partial charge is 0.291 e. The molecule has 0 bridgehead atoms. The van der Waals surface area contributed by atoms with Crippen LogP contribution in [0.3, 0.4) is 0 Å². The zero-order valence-corrected chi connectivity index (χ0v) is 15.3. The van der Waals surface area contributed by atoms with Gasteiger partial charge in [0.05, 0.1) is 23.5 Å². The fraction of sp³-hybridized carbons (Fsp3) is 0.263. The molecule has 4 rings (SSSR count). The lowest BCUT2D eigenvalue weighted by Gasteiger charge is -2.09.